The number of piperazine rings is 1. The predicted octanol–water partition coefficient (Wildman–Crippen LogP) is 9.47. The van der Waals surface area contributed by atoms with E-state index in [1.807, 2.05) is 17.0 Å². The van der Waals surface area contributed by atoms with Gasteiger partial charge in [0.05, 0.1) is 38.6 Å². The van der Waals surface area contributed by atoms with Gasteiger partial charge in [0.2, 0.25) is 17.6 Å². The Labute approximate surface area is 376 Å². The Morgan fingerprint density at radius 3 is 2.02 bits per heavy atom. The van der Waals surface area contributed by atoms with E-state index < -0.39 is 22.8 Å². The topological polar surface area (TPSA) is 132 Å². The van der Waals surface area contributed by atoms with Gasteiger partial charge in [-0.3, -0.25) is 19.2 Å². The Hall–Kier alpha value is -4.02. The predicted molar refractivity (Wildman–Crippen MR) is 243 cm³/mol. The van der Waals surface area contributed by atoms with Gasteiger partial charge < -0.3 is 33.9 Å². The molecule has 0 aromatic heterocycles. The van der Waals surface area contributed by atoms with Crippen LogP contribution in [-0.2, 0) is 23.9 Å². The lowest BCUT2D eigenvalue weighted by Gasteiger charge is -2.73. The van der Waals surface area contributed by atoms with E-state index >= 15 is 4.79 Å². The van der Waals surface area contributed by atoms with Crippen LogP contribution in [0.1, 0.15) is 132 Å². The standard InChI is InChI=1S/C52H76N2O9/c1-32(2)34-17-22-52(45(57)54-27-25-53(26-28-54)41(55)16-13-33-29-36(60-10)44(62-12)37(30-33)61-11)24-23-50(8)35(43(34)52)14-15-39-49(7)20-19-40(63-42(56)31-47(3,4)46(58)59)48(5,6)38(49)18-21-51(39,50)9/h13,16,29-30,34-35,38-40,43H,1,14-15,17-28,31H2,2-12H3,(H,58,59)/b16-13+/t34-,35+,38-,39+,40-,43+,49-,50+,51+,52-/m0/s1. The first-order chi connectivity index (χ1) is 29.5. The van der Waals surface area contributed by atoms with Gasteiger partial charge in [-0.15, -0.1) is 0 Å². The molecule has 1 aromatic carbocycles. The molecule has 5 aliphatic carbocycles. The average molecular weight is 873 g/mol. The zero-order valence-electron chi connectivity index (χ0n) is 40.2. The van der Waals surface area contributed by atoms with E-state index in [-0.39, 0.29) is 46.0 Å². The second kappa shape index (κ2) is 16.8. The third-order valence-electron chi connectivity index (χ3n) is 18.9. The fourth-order valence-corrected chi connectivity index (χ4v) is 15.3. The summed E-state index contributed by atoms with van der Waals surface area (Å²) in [5.41, 5.74) is 0.342. The van der Waals surface area contributed by atoms with Crippen LogP contribution in [0.5, 0.6) is 17.2 Å². The number of allylic oxidation sites excluding steroid dienone is 1. The highest BCUT2D eigenvalue weighted by Gasteiger charge is 2.72. The van der Waals surface area contributed by atoms with Gasteiger partial charge in [-0.25, -0.2) is 0 Å². The number of hydrogen-bond donors (Lipinski definition) is 1. The van der Waals surface area contributed by atoms with E-state index in [1.54, 1.807) is 47.3 Å². The third kappa shape index (κ3) is 7.56. The summed E-state index contributed by atoms with van der Waals surface area (Å²) in [4.78, 5) is 57.6. The number of aliphatic carboxylic acids is 1. The maximum absolute atomic E-state index is 15.2. The van der Waals surface area contributed by atoms with Crippen LogP contribution in [0.2, 0.25) is 0 Å². The maximum Gasteiger partial charge on any atom is 0.309 e. The summed E-state index contributed by atoms with van der Waals surface area (Å²) in [7, 11) is 4.70. The molecule has 0 spiro atoms. The van der Waals surface area contributed by atoms with Crippen LogP contribution >= 0.6 is 0 Å². The van der Waals surface area contributed by atoms with Crippen molar-refractivity contribution in [3.05, 3.63) is 35.9 Å². The van der Waals surface area contributed by atoms with Gasteiger partial charge in [0.1, 0.15) is 6.10 Å². The molecule has 10 atom stereocenters. The highest BCUT2D eigenvalue weighted by molar-refractivity contribution is 5.92. The maximum atomic E-state index is 15.2. The van der Waals surface area contributed by atoms with Crippen LogP contribution in [0.15, 0.2) is 30.4 Å². The number of amides is 2. The number of esters is 1. The van der Waals surface area contributed by atoms with Crippen molar-refractivity contribution >= 4 is 29.8 Å². The third-order valence-corrected chi connectivity index (χ3v) is 18.9. The zero-order chi connectivity index (χ0) is 46.1. The van der Waals surface area contributed by atoms with Gasteiger partial charge in [0, 0.05) is 37.7 Å². The number of ether oxygens (including phenoxy) is 4. The quantitative estimate of drug-likeness (QED) is 0.131. The first-order valence-electron chi connectivity index (χ1n) is 23.7. The van der Waals surface area contributed by atoms with Gasteiger partial charge in [-0.1, -0.05) is 46.8 Å². The molecule has 6 aliphatic rings. The largest absolute Gasteiger partial charge is 0.493 e. The monoisotopic (exact) mass is 873 g/mol. The van der Waals surface area contributed by atoms with Crippen molar-refractivity contribution in [3.8, 4) is 17.2 Å². The van der Waals surface area contributed by atoms with Crippen molar-refractivity contribution in [1.82, 2.24) is 9.80 Å². The number of nitrogens with zero attached hydrogens (tertiary/aromatic N) is 2. The molecule has 7 rings (SSSR count). The Morgan fingerprint density at radius 2 is 1.43 bits per heavy atom. The number of rotatable bonds is 11. The van der Waals surface area contributed by atoms with Crippen molar-refractivity contribution in [2.24, 2.45) is 62.1 Å². The molecule has 1 heterocycles. The molecular weight excluding hydrogens is 797 g/mol. The Balaban J connectivity index is 1.06. The van der Waals surface area contributed by atoms with Gasteiger partial charge in [0.15, 0.2) is 11.5 Å². The van der Waals surface area contributed by atoms with Crippen LogP contribution in [0.25, 0.3) is 6.08 Å². The number of carbonyl (C=O) groups excluding carboxylic acids is 3. The van der Waals surface area contributed by atoms with Crippen LogP contribution in [0.3, 0.4) is 0 Å². The second-order valence-electron chi connectivity index (χ2n) is 22.5. The summed E-state index contributed by atoms with van der Waals surface area (Å²) >= 11 is 0. The van der Waals surface area contributed by atoms with E-state index in [0.29, 0.717) is 73.0 Å². The molecule has 1 N–H and O–H groups in total. The first kappa shape index (κ1) is 47.0. The minimum Gasteiger partial charge on any atom is -0.493 e. The molecule has 2 amide bonds. The van der Waals surface area contributed by atoms with Gasteiger partial charge in [0.25, 0.3) is 0 Å². The lowest BCUT2D eigenvalue weighted by Crippen LogP contribution is -2.68. The Kier molecular flexibility index (Phi) is 12.5. The number of carboxylic acid groups (broad SMARTS) is 1. The van der Waals surface area contributed by atoms with E-state index in [4.69, 9.17) is 18.9 Å². The summed E-state index contributed by atoms with van der Waals surface area (Å²) in [6, 6.07) is 3.62. The van der Waals surface area contributed by atoms with Crippen molar-refractivity contribution in [2.75, 3.05) is 47.5 Å². The second-order valence-corrected chi connectivity index (χ2v) is 22.5. The normalized spacial score (nSPS) is 36.0. The molecule has 1 aliphatic heterocycles. The van der Waals surface area contributed by atoms with Crippen LogP contribution in [0, 0.1) is 62.1 Å². The molecule has 0 radical (unpaired) electrons. The lowest BCUT2D eigenvalue weighted by molar-refractivity contribution is -0.250. The Morgan fingerprint density at radius 1 is 0.794 bits per heavy atom. The summed E-state index contributed by atoms with van der Waals surface area (Å²) in [5.74, 6) is 2.17. The Bertz CT molecular complexity index is 1990. The minimum absolute atomic E-state index is 0.0572. The van der Waals surface area contributed by atoms with Crippen molar-refractivity contribution in [1.29, 1.82) is 0 Å². The molecule has 1 saturated heterocycles. The van der Waals surface area contributed by atoms with Crippen molar-refractivity contribution in [3.63, 3.8) is 0 Å². The van der Waals surface area contributed by atoms with Crippen LogP contribution in [0.4, 0.5) is 0 Å². The molecular formula is C52H76N2O9. The number of benzene rings is 1. The molecule has 63 heavy (non-hydrogen) atoms. The lowest BCUT2D eigenvalue weighted by atomic mass is 9.32. The summed E-state index contributed by atoms with van der Waals surface area (Å²) in [6.45, 7) is 24.2. The van der Waals surface area contributed by atoms with Gasteiger partial charge >= 0.3 is 11.9 Å². The molecule has 11 heteroatoms. The highest BCUT2D eigenvalue weighted by atomic mass is 16.5. The molecule has 11 nitrogen and oxygen atoms in total. The minimum atomic E-state index is -1.17. The number of fused-ring (bicyclic) bond motifs is 7. The number of hydrogen-bond acceptors (Lipinski definition) is 8. The molecule has 6 fully saturated rings. The molecule has 1 aromatic rings. The van der Waals surface area contributed by atoms with Gasteiger partial charge in [-0.2, -0.15) is 0 Å². The number of methoxy groups -OCH3 is 3. The van der Waals surface area contributed by atoms with E-state index in [1.165, 1.54) is 5.57 Å². The zero-order valence-corrected chi connectivity index (χ0v) is 40.2. The molecule has 348 valence electrons. The smallest absolute Gasteiger partial charge is 0.309 e. The fraction of sp³-hybridized carbons (Fsp3) is 0.731. The summed E-state index contributed by atoms with van der Waals surface area (Å²) < 4.78 is 22.6. The van der Waals surface area contributed by atoms with Crippen LogP contribution < -0.4 is 14.2 Å². The molecule has 0 unspecified atom stereocenters. The molecule has 0 bridgehead atoms. The SMILES string of the molecule is C=C(C)[C@@H]1CC[C@]2(C(=O)N3CCN(C(=O)/C=C/c4cc(OC)c(OC)c(OC)c4)CC3)CC[C@]3(C)[C@H](CC[C@@H]4[C@@]5(C)CC[C@H](OC(=O)CC(C)(C)C(=O)O)C(C)(C)[C@@H]5CC[C@]43C)[C@@H]12. The molecule has 5 saturated carbocycles. The summed E-state index contributed by atoms with van der Waals surface area (Å²) in [5, 5.41) is 9.67. The van der Waals surface area contributed by atoms with Crippen LogP contribution in [-0.4, -0.2) is 92.3 Å². The van der Waals surface area contributed by atoms with E-state index in [9.17, 15) is 19.5 Å². The van der Waals surface area contributed by atoms with E-state index in [2.05, 4.69) is 53.0 Å². The van der Waals surface area contributed by atoms with Gasteiger partial charge in [-0.05, 0) is 155 Å². The van der Waals surface area contributed by atoms with E-state index in [0.717, 1.165) is 69.8 Å². The average Bonchev–Trinajstić information content (AvgIpc) is 3.64. The van der Waals surface area contributed by atoms with Crippen molar-refractivity contribution < 1.29 is 43.2 Å². The van der Waals surface area contributed by atoms with Crippen molar-refractivity contribution in [2.45, 2.75) is 132 Å². The first-order valence-corrected chi connectivity index (χ1v) is 23.7. The summed E-state index contributed by atoms with van der Waals surface area (Å²) in [6.07, 6.45) is 13.0. The number of carbonyl (C=O) groups is 4. The number of carboxylic acids is 1. The fourth-order valence-electron chi connectivity index (χ4n) is 15.3. The highest BCUT2D eigenvalue weighted by Crippen LogP contribution is 2.77.